The third-order valence-electron chi connectivity index (χ3n) is 4.43. The Morgan fingerprint density at radius 2 is 2.17 bits per heavy atom. The highest BCUT2D eigenvalue weighted by molar-refractivity contribution is 7.91. The van der Waals surface area contributed by atoms with Gasteiger partial charge in [-0.1, -0.05) is 25.1 Å². The minimum Gasteiger partial charge on any atom is -0.409 e. The minimum atomic E-state index is -2.92. The summed E-state index contributed by atoms with van der Waals surface area (Å²) < 4.78 is 30.7. The van der Waals surface area contributed by atoms with Gasteiger partial charge in [0.05, 0.1) is 18.2 Å². The second kappa shape index (κ2) is 6.78. The molecule has 1 aliphatic rings. The van der Waals surface area contributed by atoms with Gasteiger partial charge in [-0.25, -0.2) is 13.1 Å². The van der Waals surface area contributed by atoms with Crippen LogP contribution in [0.4, 0.5) is 0 Å². The first kappa shape index (κ1) is 17.3. The highest BCUT2D eigenvalue weighted by Crippen LogP contribution is 2.23. The number of rotatable bonds is 5. The van der Waals surface area contributed by atoms with E-state index in [0.29, 0.717) is 23.8 Å². The van der Waals surface area contributed by atoms with Gasteiger partial charge in [0.25, 0.3) is 4.84 Å². The molecule has 130 valence electrons. The molecule has 6 nitrogen and oxygen atoms in total. The molecule has 1 aromatic carbocycles. The topological polar surface area (TPSA) is 68.3 Å². The molecule has 0 unspecified atom stereocenters. The van der Waals surface area contributed by atoms with Gasteiger partial charge in [0, 0.05) is 11.6 Å². The SMILES string of the molecule is CCN(Cn1nc(-c2ccccc2C)oc1=S)[C@H]1CCS(=O)(=O)C1. The third-order valence-corrected chi connectivity index (χ3v) is 6.47. The summed E-state index contributed by atoms with van der Waals surface area (Å²) in [6, 6.07) is 7.85. The van der Waals surface area contributed by atoms with Crippen LogP contribution in [0.15, 0.2) is 28.7 Å². The highest BCUT2D eigenvalue weighted by atomic mass is 32.2. The predicted octanol–water partition coefficient (Wildman–Crippen LogP) is 2.65. The molecule has 1 aliphatic heterocycles. The van der Waals surface area contributed by atoms with Gasteiger partial charge in [0.2, 0.25) is 5.89 Å². The summed E-state index contributed by atoms with van der Waals surface area (Å²) in [6.45, 7) is 5.17. The minimum absolute atomic E-state index is 0.0144. The Morgan fingerprint density at radius 1 is 1.42 bits per heavy atom. The Kier molecular flexibility index (Phi) is 4.89. The van der Waals surface area contributed by atoms with Gasteiger partial charge in [-0.2, -0.15) is 0 Å². The Labute approximate surface area is 147 Å². The number of hydrogen-bond donors (Lipinski definition) is 0. The van der Waals surface area contributed by atoms with E-state index in [9.17, 15) is 8.42 Å². The van der Waals surface area contributed by atoms with Crippen LogP contribution in [0.1, 0.15) is 18.9 Å². The normalized spacial score (nSPS) is 19.9. The molecule has 0 amide bonds. The van der Waals surface area contributed by atoms with Crippen molar-refractivity contribution in [2.45, 2.75) is 33.0 Å². The number of aromatic nitrogens is 2. The lowest BCUT2D eigenvalue weighted by molar-refractivity contribution is 0.162. The standard InChI is InChI=1S/C16H21N3O3S2/c1-3-18(13-8-9-24(20,21)10-13)11-19-16(23)22-15(17-19)14-7-5-4-6-12(14)2/h4-7,13H,3,8-11H2,1-2H3/t13-/m0/s1. The van der Waals surface area contributed by atoms with Crippen LogP contribution < -0.4 is 0 Å². The van der Waals surface area contributed by atoms with Gasteiger partial charge >= 0.3 is 0 Å². The molecule has 1 aromatic heterocycles. The highest BCUT2D eigenvalue weighted by Gasteiger charge is 2.32. The lowest BCUT2D eigenvalue weighted by atomic mass is 10.1. The van der Waals surface area contributed by atoms with Crippen molar-refractivity contribution in [2.24, 2.45) is 0 Å². The van der Waals surface area contributed by atoms with Gasteiger partial charge in [-0.05, 0) is 43.7 Å². The van der Waals surface area contributed by atoms with Crippen LogP contribution in [0.2, 0.25) is 0 Å². The maximum Gasteiger partial charge on any atom is 0.288 e. The largest absolute Gasteiger partial charge is 0.409 e. The molecule has 2 heterocycles. The molecule has 0 aliphatic carbocycles. The fraction of sp³-hybridized carbons (Fsp3) is 0.500. The van der Waals surface area contributed by atoms with Crippen molar-refractivity contribution in [1.29, 1.82) is 0 Å². The molecule has 24 heavy (non-hydrogen) atoms. The van der Waals surface area contributed by atoms with Crippen LogP contribution in [-0.2, 0) is 16.5 Å². The fourth-order valence-electron chi connectivity index (χ4n) is 3.03. The van der Waals surface area contributed by atoms with Crippen LogP contribution in [0, 0.1) is 11.8 Å². The molecule has 0 radical (unpaired) electrons. The Bertz CT molecular complexity index is 886. The van der Waals surface area contributed by atoms with Crippen LogP contribution in [0.3, 0.4) is 0 Å². The first-order valence-corrected chi connectivity index (χ1v) is 10.2. The van der Waals surface area contributed by atoms with E-state index in [1.165, 1.54) is 0 Å². The molecule has 1 fully saturated rings. The van der Waals surface area contributed by atoms with Crippen molar-refractivity contribution in [2.75, 3.05) is 18.1 Å². The van der Waals surface area contributed by atoms with E-state index in [0.717, 1.165) is 17.7 Å². The summed E-state index contributed by atoms with van der Waals surface area (Å²) in [4.78, 5) is 2.39. The van der Waals surface area contributed by atoms with E-state index in [1.54, 1.807) is 4.68 Å². The second-order valence-corrected chi connectivity index (χ2v) is 8.67. The fourth-order valence-corrected chi connectivity index (χ4v) is 4.97. The van der Waals surface area contributed by atoms with E-state index in [4.69, 9.17) is 16.6 Å². The first-order chi connectivity index (χ1) is 11.4. The molecule has 0 bridgehead atoms. The average Bonchev–Trinajstić information content (AvgIpc) is 3.08. The summed E-state index contributed by atoms with van der Waals surface area (Å²) in [5.74, 6) is 0.956. The number of benzene rings is 1. The maximum absolute atomic E-state index is 11.7. The lowest BCUT2D eigenvalue weighted by Crippen LogP contribution is -2.37. The van der Waals surface area contributed by atoms with E-state index in [2.05, 4.69) is 10.00 Å². The molecule has 1 saturated heterocycles. The third kappa shape index (κ3) is 3.60. The van der Waals surface area contributed by atoms with E-state index in [-0.39, 0.29) is 17.5 Å². The van der Waals surface area contributed by atoms with E-state index < -0.39 is 9.84 Å². The molecule has 3 rings (SSSR count). The first-order valence-electron chi connectivity index (χ1n) is 7.98. The Morgan fingerprint density at radius 3 is 2.79 bits per heavy atom. The van der Waals surface area contributed by atoms with Crippen LogP contribution in [0.25, 0.3) is 11.5 Å². The van der Waals surface area contributed by atoms with E-state index in [1.807, 2.05) is 38.1 Å². The summed E-state index contributed by atoms with van der Waals surface area (Å²) >= 11 is 5.29. The summed E-state index contributed by atoms with van der Waals surface area (Å²) in [6.07, 6.45) is 0.659. The van der Waals surface area contributed by atoms with Crippen molar-refractivity contribution in [3.8, 4) is 11.5 Å². The summed E-state index contributed by atoms with van der Waals surface area (Å²) in [7, 11) is -2.92. The molecule has 0 N–H and O–H groups in total. The lowest BCUT2D eigenvalue weighted by Gasteiger charge is -2.25. The van der Waals surface area contributed by atoms with Crippen LogP contribution >= 0.6 is 12.2 Å². The number of hydrogen-bond acceptors (Lipinski definition) is 6. The number of aryl methyl sites for hydroxylation is 1. The zero-order valence-electron chi connectivity index (χ0n) is 13.8. The van der Waals surface area contributed by atoms with Gasteiger partial charge in [-0.15, -0.1) is 5.10 Å². The number of sulfone groups is 1. The Balaban J connectivity index is 1.83. The van der Waals surface area contributed by atoms with Gasteiger partial charge < -0.3 is 4.42 Å². The molecule has 2 aromatic rings. The maximum atomic E-state index is 11.7. The second-order valence-electron chi connectivity index (χ2n) is 6.09. The molecule has 0 spiro atoms. The smallest absolute Gasteiger partial charge is 0.288 e. The van der Waals surface area contributed by atoms with Crippen molar-refractivity contribution < 1.29 is 12.8 Å². The van der Waals surface area contributed by atoms with E-state index >= 15 is 0 Å². The van der Waals surface area contributed by atoms with Crippen molar-refractivity contribution >= 4 is 22.1 Å². The summed E-state index contributed by atoms with van der Waals surface area (Å²) in [5.41, 5.74) is 1.98. The molecular formula is C16H21N3O3S2. The zero-order chi connectivity index (χ0) is 17.3. The molecular weight excluding hydrogens is 346 g/mol. The predicted molar refractivity (Wildman–Crippen MR) is 94.9 cm³/mol. The summed E-state index contributed by atoms with van der Waals surface area (Å²) in [5, 5.41) is 4.49. The van der Waals surface area contributed by atoms with Gasteiger partial charge in [0.15, 0.2) is 9.84 Å². The quantitative estimate of drug-likeness (QED) is 0.757. The Hall–Kier alpha value is -1.51. The van der Waals surface area contributed by atoms with Gasteiger partial charge in [0.1, 0.15) is 0 Å². The zero-order valence-corrected chi connectivity index (χ0v) is 15.4. The molecule has 1 atom stereocenters. The monoisotopic (exact) mass is 367 g/mol. The van der Waals surface area contributed by atoms with Crippen molar-refractivity contribution in [1.82, 2.24) is 14.7 Å². The van der Waals surface area contributed by atoms with Crippen molar-refractivity contribution in [3.63, 3.8) is 0 Å². The molecule has 8 heteroatoms. The van der Waals surface area contributed by atoms with Gasteiger partial charge in [-0.3, -0.25) is 4.90 Å². The number of nitrogens with zero attached hydrogens (tertiary/aromatic N) is 3. The van der Waals surface area contributed by atoms with Crippen LogP contribution in [-0.4, -0.2) is 47.2 Å². The van der Waals surface area contributed by atoms with Crippen molar-refractivity contribution in [3.05, 3.63) is 34.7 Å². The average molecular weight is 367 g/mol. The van der Waals surface area contributed by atoms with Crippen LogP contribution in [0.5, 0.6) is 0 Å². The molecule has 0 saturated carbocycles.